The van der Waals surface area contributed by atoms with Crippen LogP contribution < -0.4 is 11.1 Å². The van der Waals surface area contributed by atoms with Crippen molar-refractivity contribution in [2.45, 2.75) is 6.42 Å². The molecule has 1 aromatic heterocycles. The summed E-state index contributed by atoms with van der Waals surface area (Å²) in [6.07, 6.45) is 0.589. The molecule has 3 nitrogen and oxygen atoms in total. The van der Waals surface area contributed by atoms with E-state index >= 15 is 0 Å². The lowest BCUT2D eigenvalue weighted by Gasteiger charge is -2.07. The van der Waals surface area contributed by atoms with Crippen molar-refractivity contribution in [1.29, 1.82) is 0 Å². The van der Waals surface area contributed by atoms with Gasteiger partial charge in [0, 0.05) is 6.54 Å². The molecule has 0 amide bonds. The first kappa shape index (κ1) is 13.4. The Morgan fingerprint density at radius 1 is 1.21 bits per heavy atom. The van der Waals surface area contributed by atoms with Gasteiger partial charge in [0.05, 0.1) is 5.69 Å². The topological polar surface area (TPSA) is 50.9 Å². The highest BCUT2D eigenvalue weighted by molar-refractivity contribution is 7.80. The molecule has 0 bridgehead atoms. The first-order valence-electron chi connectivity index (χ1n) is 5.91. The van der Waals surface area contributed by atoms with Crippen molar-refractivity contribution in [2.24, 2.45) is 5.73 Å². The van der Waals surface area contributed by atoms with Crippen LogP contribution in [0.5, 0.6) is 0 Å². The minimum Gasteiger partial charge on any atom is -0.388 e. The van der Waals surface area contributed by atoms with E-state index in [1.807, 2.05) is 18.2 Å². The van der Waals surface area contributed by atoms with Gasteiger partial charge in [-0.2, -0.15) is 0 Å². The van der Waals surface area contributed by atoms with E-state index in [-0.39, 0.29) is 10.8 Å². The molecule has 3 N–H and O–H groups in total. The van der Waals surface area contributed by atoms with Gasteiger partial charge in [0.1, 0.15) is 16.6 Å². The highest BCUT2D eigenvalue weighted by atomic mass is 32.1. The van der Waals surface area contributed by atoms with Gasteiger partial charge in [-0.1, -0.05) is 36.5 Å². The molecule has 98 valence electrons. The van der Waals surface area contributed by atoms with Crippen LogP contribution in [-0.4, -0.2) is 16.5 Å². The predicted molar refractivity (Wildman–Crippen MR) is 78.7 cm³/mol. The molecule has 0 fully saturated rings. The molecule has 0 aliphatic heterocycles. The molecule has 0 unspecified atom stereocenters. The Kier molecular flexibility index (Phi) is 4.41. The summed E-state index contributed by atoms with van der Waals surface area (Å²) < 4.78 is 13.4. The van der Waals surface area contributed by atoms with Crippen LogP contribution in [0.2, 0.25) is 0 Å². The van der Waals surface area contributed by atoms with Crippen LogP contribution in [0.25, 0.3) is 0 Å². The van der Waals surface area contributed by atoms with Gasteiger partial charge >= 0.3 is 0 Å². The van der Waals surface area contributed by atoms with Crippen molar-refractivity contribution >= 4 is 23.0 Å². The largest absolute Gasteiger partial charge is 0.388 e. The van der Waals surface area contributed by atoms with E-state index < -0.39 is 0 Å². The zero-order valence-corrected chi connectivity index (χ0v) is 11.1. The Morgan fingerprint density at radius 3 is 2.74 bits per heavy atom. The van der Waals surface area contributed by atoms with Crippen LogP contribution in [0.15, 0.2) is 42.5 Å². The lowest BCUT2D eigenvalue weighted by atomic mass is 10.1. The Balaban J connectivity index is 1.94. The fraction of sp³-hybridized carbons (Fsp3) is 0.143. The molecule has 0 aliphatic rings. The Bertz CT molecular complexity index is 586. The lowest BCUT2D eigenvalue weighted by Crippen LogP contribution is -2.13. The van der Waals surface area contributed by atoms with Crippen molar-refractivity contribution < 1.29 is 4.39 Å². The van der Waals surface area contributed by atoms with Gasteiger partial charge in [0.25, 0.3) is 0 Å². The number of halogens is 1. The fourth-order valence-corrected chi connectivity index (χ4v) is 1.81. The minimum absolute atomic E-state index is 0.186. The van der Waals surface area contributed by atoms with Gasteiger partial charge < -0.3 is 11.1 Å². The standard InChI is InChI=1S/C14H14FN3S/c15-11-5-2-1-4-10(11)8-9-17-13-7-3-6-12(18-13)14(16)19/h1-7H,8-9H2,(H2,16,19)(H,17,18). The van der Waals surface area contributed by atoms with E-state index in [1.54, 1.807) is 18.2 Å². The number of nitrogens with one attached hydrogen (secondary N) is 1. The van der Waals surface area contributed by atoms with Crippen molar-refractivity contribution in [3.8, 4) is 0 Å². The number of pyridine rings is 1. The number of hydrogen-bond donors (Lipinski definition) is 2. The van der Waals surface area contributed by atoms with Gasteiger partial charge in [0.15, 0.2) is 0 Å². The second-order valence-corrected chi connectivity index (χ2v) is 4.48. The molecule has 1 heterocycles. The number of thiocarbonyl (C=S) groups is 1. The van der Waals surface area contributed by atoms with E-state index in [0.29, 0.717) is 30.0 Å². The van der Waals surface area contributed by atoms with E-state index in [0.717, 1.165) is 0 Å². The van der Waals surface area contributed by atoms with Gasteiger partial charge in [-0.05, 0) is 30.2 Å². The molecule has 0 saturated carbocycles. The molecule has 5 heteroatoms. The second kappa shape index (κ2) is 6.24. The number of nitrogens with two attached hydrogens (primary N) is 1. The first-order valence-corrected chi connectivity index (χ1v) is 6.32. The third kappa shape index (κ3) is 3.72. The van der Waals surface area contributed by atoms with Gasteiger partial charge in [-0.25, -0.2) is 9.37 Å². The Hall–Kier alpha value is -2.01. The SMILES string of the molecule is NC(=S)c1cccc(NCCc2ccccc2F)n1. The number of benzene rings is 1. The van der Waals surface area contributed by atoms with Crippen LogP contribution in [0.3, 0.4) is 0 Å². The molecule has 0 radical (unpaired) electrons. The van der Waals surface area contributed by atoms with E-state index in [4.69, 9.17) is 18.0 Å². The summed E-state index contributed by atoms with van der Waals surface area (Å²) in [5.74, 6) is 0.496. The van der Waals surface area contributed by atoms with Gasteiger partial charge in [0.2, 0.25) is 0 Å². The summed E-state index contributed by atoms with van der Waals surface area (Å²) in [4.78, 5) is 4.52. The van der Waals surface area contributed by atoms with Crippen LogP contribution >= 0.6 is 12.2 Å². The Morgan fingerprint density at radius 2 is 2.00 bits per heavy atom. The lowest BCUT2D eigenvalue weighted by molar-refractivity contribution is 0.610. The fourth-order valence-electron chi connectivity index (χ4n) is 1.70. The third-order valence-electron chi connectivity index (χ3n) is 2.66. The maximum absolute atomic E-state index is 13.4. The third-order valence-corrected chi connectivity index (χ3v) is 2.87. The smallest absolute Gasteiger partial charge is 0.126 e. The molecule has 0 atom stereocenters. The molecule has 2 aromatic rings. The molecule has 0 aliphatic carbocycles. The normalized spacial score (nSPS) is 10.2. The Labute approximate surface area is 116 Å². The summed E-state index contributed by atoms with van der Waals surface area (Å²) >= 11 is 4.87. The maximum Gasteiger partial charge on any atom is 0.126 e. The molecule has 2 rings (SSSR count). The zero-order valence-electron chi connectivity index (χ0n) is 10.3. The summed E-state index contributed by atoms with van der Waals surface area (Å²) in [7, 11) is 0. The average molecular weight is 275 g/mol. The summed E-state index contributed by atoms with van der Waals surface area (Å²) in [5.41, 5.74) is 6.77. The van der Waals surface area contributed by atoms with Gasteiger partial charge in [-0.3, -0.25) is 0 Å². The highest BCUT2D eigenvalue weighted by Gasteiger charge is 2.02. The number of hydrogen-bond acceptors (Lipinski definition) is 3. The second-order valence-electron chi connectivity index (χ2n) is 4.04. The molecular formula is C14H14FN3S. The monoisotopic (exact) mass is 275 g/mol. The van der Waals surface area contributed by atoms with E-state index in [1.165, 1.54) is 6.07 Å². The highest BCUT2D eigenvalue weighted by Crippen LogP contribution is 2.08. The number of nitrogens with zero attached hydrogens (tertiary/aromatic N) is 1. The molecule has 0 saturated heterocycles. The number of anilines is 1. The first-order chi connectivity index (χ1) is 9.16. The zero-order chi connectivity index (χ0) is 13.7. The van der Waals surface area contributed by atoms with Crippen LogP contribution in [0.4, 0.5) is 10.2 Å². The van der Waals surface area contributed by atoms with Crippen molar-refractivity contribution in [3.63, 3.8) is 0 Å². The number of rotatable bonds is 5. The van der Waals surface area contributed by atoms with Crippen molar-refractivity contribution in [1.82, 2.24) is 4.98 Å². The molecular weight excluding hydrogens is 261 g/mol. The van der Waals surface area contributed by atoms with E-state index in [9.17, 15) is 4.39 Å². The molecule has 1 aromatic carbocycles. The molecule has 0 spiro atoms. The average Bonchev–Trinajstić information content (AvgIpc) is 2.41. The predicted octanol–water partition coefficient (Wildman–Crippen LogP) is 2.51. The summed E-state index contributed by atoms with van der Waals surface area (Å²) in [5, 5.41) is 3.12. The van der Waals surface area contributed by atoms with Crippen LogP contribution in [0, 0.1) is 5.82 Å². The van der Waals surface area contributed by atoms with Gasteiger partial charge in [-0.15, -0.1) is 0 Å². The van der Waals surface area contributed by atoms with Crippen LogP contribution in [-0.2, 0) is 6.42 Å². The maximum atomic E-state index is 13.4. The van der Waals surface area contributed by atoms with Crippen molar-refractivity contribution in [2.75, 3.05) is 11.9 Å². The summed E-state index contributed by atoms with van der Waals surface area (Å²) in [6.45, 7) is 0.592. The van der Waals surface area contributed by atoms with E-state index in [2.05, 4.69) is 10.3 Å². The quantitative estimate of drug-likeness (QED) is 0.823. The van der Waals surface area contributed by atoms with Crippen molar-refractivity contribution in [3.05, 3.63) is 59.5 Å². The van der Waals surface area contributed by atoms with Crippen LogP contribution in [0.1, 0.15) is 11.3 Å². The number of aromatic nitrogens is 1. The summed E-state index contributed by atoms with van der Waals surface area (Å²) in [6, 6.07) is 12.1. The minimum atomic E-state index is -0.186. The molecule has 19 heavy (non-hydrogen) atoms.